The van der Waals surface area contributed by atoms with E-state index in [1.54, 1.807) is 0 Å². The summed E-state index contributed by atoms with van der Waals surface area (Å²) in [5, 5.41) is 14.8. The summed E-state index contributed by atoms with van der Waals surface area (Å²) in [5.74, 6) is -1.16. The molecule has 0 aromatic heterocycles. The zero-order chi connectivity index (χ0) is 9.78. The Hall–Kier alpha value is -0.590. The van der Waals surface area contributed by atoms with Crippen LogP contribution in [0.15, 0.2) is 0 Å². The topological polar surface area (TPSA) is 106 Å². The Morgan fingerprint density at radius 2 is 2.55 bits per heavy atom. The highest BCUT2D eigenvalue weighted by Gasteiger charge is 2.09. The Morgan fingerprint density at radius 1 is 2.00 bits per heavy atom. The maximum Gasteiger partial charge on any atom is 0.320 e. The number of carboxylic acid groups (broad SMARTS) is 1. The number of carboxylic acids is 1. The number of carbonyl (C=O) groups is 1. The van der Waals surface area contributed by atoms with Gasteiger partial charge in [-0.1, -0.05) is 0 Å². The Balaban J connectivity index is 4.25. The summed E-state index contributed by atoms with van der Waals surface area (Å²) in [6.45, 7) is 0. The van der Waals surface area contributed by atoms with Crippen molar-refractivity contribution < 1.29 is 15.5 Å². The minimum absolute atomic E-state index is 0.0231. The second kappa shape index (κ2) is 3.70. The van der Waals surface area contributed by atoms with Gasteiger partial charge in [0.2, 0.25) is 0 Å². The molecule has 6 heteroatoms. The molecule has 66 valence electrons. The zero-order valence-electron chi connectivity index (χ0n) is 7.11. The molecule has 0 radical (unpaired) electrons. The lowest BCUT2D eigenvalue weighted by Gasteiger charge is -2.01. The molecule has 0 rings (SSSR count). The number of nitrogens with two attached hydrogens (primary N) is 2. The summed E-state index contributed by atoms with van der Waals surface area (Å²) in [6, 6.07) is -1.05. The molecule has 0 amide bonds. The predicted molar refractivity (Wildman–Crippen MR) is 44.5 cm³/mol. The maximum absolute atomic E-state index is 10.9. The van der Waals surface area contributed by atoms with E-state index < -0.39 is 21.7 Å². The van der Waals surface area contributed by atoms with Gasteiger partial charge >= 0.3 is 5.97 Å². The summed E-state index contributed by atoms with van der Waals surface area (Å²) in [4.78, 5) is 10.3. The van der Waals surface area contributed by atoms with Gasteiger partial charge in [0.25, 0.3) is 0 Å². The molecule has 1 unspecified atom stereocenters. The van der Waals surface area contributed by atoms with Crippen molar-refractivity contribution in [1.82, 2.24) is 0 Å². The fourth-order valence-corrected chi connectivity index (χ4v) is 0.963. The molecule has 0 aliphatic rings. The van der Waals surface area contributed by atoms with E-state index in [1.807, 2.05) is 5.73 Å². The highest BCUT2D eigenvalue weighted by molar-refractivity contribution is 7.98. The third kappa shape index (κ3) is 5.84. The fraction of sp³-hybridized carbons (Fsp3) is 0.600. The van der Waals surface area contributed by atoms with Crippen LogP contribution in [-0.2, 0) is 14.5 Å². The molecule has 0 bridgehead atoms. The minimum Gasteiger partial charge on any atom is -0.480 e. The summed E-state index contributed by atoms with van der Waals surface area (Å²) < 4.78 is 17.5. The van der Waals surface area contributed by atoms with Gasteiger partial charge in [0.15, 0.2) is 0 Å². The van der Waals surface area contributed by atoms with Crippen LogP contribution in [0, 0.1) is 0 Å². The SMILES string of the molecule is [2H]N[C@@H](CC=S(C)(N)=O)C(=O)O. The van der Waals surface area contributed by atoms with Crippen LogP contribution in [-0.4, -0.2) is 32.9 Å². The van der Waals surface area contributed by atoms with Gasteiger partial charge in [0.1, 0.15) is 7.45 Å². The van der Waals surface area contributed by atoms with Gasteiger partial charge in [-0.25, -0.2) is 0 Å². The molecule has 2 atom stereocenters. The largest absolute Gasteiger partial charge is 0.480 e. The summed E-state index contributed by atoms with van der Waals surface area (Å²) in [6.07, 6.45) is 1.28. The Kier molecular flexibility index (Phi) is 2.86. The molecular weight excluding hydrogens is 168 g/mol. The van der Waals surface area contributed by atoms with Crippen LogP contribution in [0.2, 0.25) is 1.41 Å². The molecule has 0 aromatic carbocycles. The average molecular weight is 181 g/mol. The lowest BCUT2D eigenvalue weighted by molar-refractivity contribution is -0.138. The van der Waals surface area contributed by atoms with Crippen LogP contribution < -0.4 is 10.9 Å². The lowest BCUT2D eigenvalue weighted by Crippen LogP contribution is -2.31. The average Bonchev–Trinajstić information content (AvgIpc) is 1.85. The third-order valence-electron chi connectivity index (χ3n) is 0.961. The van der Waals surface area contributed by atoms with Gasteiger partial charge in [-0.15, -0.1) is 0 Å². The molecule has 0 saturated carbocycles. The molecule has 11 heavy (non-hydrogen) atoms. The van der Waals surface area contributed by atoms with Crippen LogP contribution in [0.4, 0.5) is 0 Å². The normalized spacial score (nSPS) is 19.6. The summed E-state index contributed by atoms with van der Waals surface area (Å²) in [5.41, 5.74) is 1.81. The first-order chi connectivity index (χ1) is 5.37. The number of aliphatic carboxylic acids is 1. The van der Waals surface area contributed by atoms with Crippen molar-refractivity contribution in [3.8, 4) is 0 Å². The second-order valence-corrected chi connectivity index (χ2v) is 4.53. The van der Waals surface area contributed by atoms with Crippen LogP contribution in [0.25, 0.3) is 0 Å². The molecule has 0 aliphatic carbocycles. The molecule has 0 aliphatic heterocycles. The first-order valence-electron chi connectivity index (χ1n) is 3.37. The highest BCUT2D eigenvalue weighted by atomic mass is 32.2. The van der Waals surface area contributed by atoms with Crippen LogP contribution in [0.1, 0.15) is 6.42 Å². The van der Waals surface area contributed by atoms with E-state index >= 15 is 0 Å². The number of hydrogen-bond acceptors (Lipinski definition) is 3. The second-order valence-electron chi connectivity index (χ2n) is 2.26. The van der Waals surface area contributed by atoms with Crippen LogP contribution in [0.3, 0.4) is 0 Å². The van der Waals surface area contributed by atoms with Crippen molar-refractivity contribution in [2.75, 3.05) is 6.26 Å². The standard InChI is InChI=1S/C5H12N2O3S/c1-11(7,10)3-2-4(6)5(8)9/h3-4H,2,6H2,1H3,(H2,7,10)(H,8,9)/t4-,11?/m0/s1/i/hD. The zero-order valence-corrected chi connectivity index (χ0v) is 6.93. The van der Waals surface area contributed by atoms with Gasteiger partial charge in [-0.2, -0.15) is 0 Å². The molecule has 0 fully saturated rings. The fourth-order valence-electron chi connectivity index (χ4n) is 0.388. The van der Waals surface area contributed by atoms with Gasteiger partial charge in [0, 0.05) is 22.4 Å². The molecular formula is C5H12N2O3S. The summed E-state index contributed by atoms with van der Waals surface area (Å²) in [7, 11) is -2.52. The number of rotatable bonds is 4. The molecule has 0 saturated heterocycles. The van der Waals surface area contributed by atoms with Crippen molar-refractivity contribution >= 4 is 21.0 Å². The van der Waals surface area contributed by atoms with Crippen molar-refractivity contribution in [3.63, 3.8) is 0 Å². The highest BCUT2D eigenvalue weighted by Crippen LogP contribution is 1.85. The Bertz CT molecular complexity index is 264. The minimum atomic E-state index is -2.52. The van der Waals surface area contributed by atoms with E-state index in [0.29, 0.717) is 0 Å². The van der Waals surface area contributed by atoms with Crippen molar-refractivity contribution in [2.24, 2.45) is 10.9 Å². The van der Waals surface area contributed by atoms with Crippen LogP contribution in [0.5, 0.6) is 0 Å². The van der Waals surface area contributed by atoms with E-state index in [9.17, 15) is 9.00 Å². The van der Waals surface area contributed by atoms with E-state index in [1.165, 1.54) is 11.6 Å². The first kappa shape index (κ1) is 8.51. The first-order valence-corrected chi connectivity index (χ1v) is 4.96. The van der Waals surface area contributed by atoms with Crippen molar-refractivity contribution in [2.45, 2.75) is 12.5 Å². The summed E-state index contributed by atoms with van der Waals surface area (Å²) >= 11 is 0. The van der Waals surface area contributed by atoms with Crippen LogP contribution >= 0.6 is 0 Å². The number of hydrogen-bond donors (Lipinski definition) is 3. The molecule has 5 N–H and O–H groups in total. The van der Waals surface area contributed by atoms with E-state index in [4.69, 9.17) is 11.7 Å². The molecule has 0 aromatic rings. The Labute approximate surface area is 67.0 Å². The molecule has 0 spiro atoms. The monoisotopic (exact) mass is 181 g/mol. The van der Waals surface area contributed by atoms with Gasteiger partial charge in [-0.3, -0.25) is 14.1 Å². The van der Waals surface area contributed by atoms with Gasteiger partial charge < -0.3 is 10.8 Å². The quantitative estimate of drug-likeness (QED) is 0.453. The molecule has 0 heterocycles. The van der Waals surface area contributed by atoms with E-state index in [2.05, 4.69) is 0 Å². The Morgan fingerprint density at radius 3 is 2.82 bits per heavy atom. The lowest BCUT2D eigenvalue weighted by atomic mass is 10.2. The van der Waals surface area contributed by atoms with Crippen molar-refractivity contribution in [3.05, 3.63) is 0 Å². The maximum atomic E-state index is 10.9. The molecule has 5 nitrogen and oxygen atoms in total. The van der Waals surface area contributed by atoms with Gasteiger partial charge in [-0.05, 0) is 5.37 Å². The van der Waals surface area contributed by atoms with E-state index in [-0.39, 0.29) is 6.42 Å². The predicted octanol–water partition coefficient (Wildman–Crippen LogP) is -1.62. The third-order valence-corrected chi connectivity index (χ3v) is 1.82. The van der Waals surface area contributed by atoms with E-state index in [0.717, 1.165) is 0 Å². The smallest absolute Gasteiger partial charge is 0.320 e. The van der Waals surface area contributed by atoms with Crippen molar-refractivity contribution in [1.29, 1.82) is 0 Å². The van der Waals surface area contributed by atoms with Gasteiger partial charge in [0.05, 0.1) is 0 Å².